The number of hydrogen-bond acceptors (Lipinski definition) is 6. The number of hydrogen-bond donors (Lipinski definition) is 0. The molecule has 1 atom stereocenters. The highest BCUT2D eigenvalue weighted by atomic mass is 35.5. The van der Waals surface area contributed by atoms with E-state index in [0.717, 1.165) is 5.56 Å². The number of rotatable bonds is 3. The van der Waals surface area contributed by atoms with E-state index in [1.54, 1.807) is 34.1 Å². The first-order chi connectivity index (χ1) is 16.4. The maximum Gasteiger partial charge on any atom is 0.409 e. The summed E-state index contributed by atoms with van der Waals surface area (Å²) < 4.78 is 16.5. The van der Waals surface area contributed by atoms with Crippen LogP contribution in [0.1, 0.15) is 45.5 Å². The zero-order valence-electron chi connectivity index (χ0n) is 18.8. The van der Waals surface area contributed by atoms with Crippen molar-refractivity contribution in [3.8, 4) is 5.75 Å². The first-order valence-corrected chi connectivity index (χ1v) is 11.7. The molecule has 0 radical (unpaired) electrons. The first-order valence-electron chi connectivity index (χ1n) is 11.3. The number of halogens is 1. The van der Waals surface area contributed by atoms with Crippen molar-refractivity contribution in [2.75, 3.05) is 33.3 Å². The molecule has 2 fully saturated rings. The van der Waals surface area contributed by atoms with E-state index in [-0.39, 0.29) is 24.1 Å². The second-order valence-corrected chi connectivity index (χ2v) is 9.23. The summed E-state index contributed by atoms with van der Waals surface area (Å²) in [5.74, 6) is 0.0247. The van der Waals surface area contributed by atoms with Crippen LogP contribution in [0.4, 0.5) is 4.79 Å². The molecule has 3 aliphatic heterocycles. The van der Waals surface area contributed by atoms with Gasteiger partial charge in [0.25, 0.3) is 5.91 Å². The number of nitrogens with zero attached hydrogens (tertiary/aromatic N) is 2. The number of likely N-dealkylation sites (tertiary alicyclic amines) is 2. The lowest BCUT2D eigenvalue weighted by Gasteiger charge is -2.31. The molecule has 3 heterocycles. The van der Waals surface area contributed by atoms with Gasteiger partial charge < -0.3 is 24.0 Å². The number of ether oxygens (including phenoxy) is 3. The maximum absolute atomic E-state index is 13.2. The smallest absolute Gasteiger partial charge is 0.409 e. The van der Waals surface area contributed by atoms with E-state index in [1.807, 2.05) is 18.2 Å². The number of esters is 1. The van der Waals surface area contributed by atoms with Gasteiger partial charge in [0.1, 0.15) is 11.9 Å². The number of benzene rings is 2. The Morgan fingerprint density at radius 1 is 1.09 bits per heavy atom. The number of fused-ring (bicyclic) bond motifs is 2. The molecule has 2 aromatic carbocycles. The molecule has 2 aromatic rings. The third-order valence-electron chi connectivity index (χ3n) is 6.79. The highest BCUT2D eigenvalue weighted by Crippen LogP contribution is 2.43. The Morgan fingerprint density at radius 2 is 1.85 bits per heavy atom. The summed E-state index contributed by atoms with van der Waals surface area (Å²) in [6.45, 7) is 1.88. The Bertz CT molecular complexity index is 1150. The van der Waals surface area contributed by atoms with E-state index >= 15 is 0 Å². The molecule has 8 nitrogen and oxygen atoms in total. The van der Waals surface area contributed by atoms with Crippen molar-refractivity contribution in [1.82, 2.24) is 9.80 Å². The molecule has 9 heteroatoms. The van der Waals surface area contributed by atoms with Crippen LogP contribution < -0.4 is 4.74 Å². The number of piperidine rings is 1. The number of amides is 2. The van der Waals surface area contributed by atoms with Gasteiger partial charge in [0.15, 0.2) is 5.60 Å². The molecule has 34 heavy (non-hydrogen) atoms. The van der Waals surface area contributed by atoms with Crippen LogP contribution >= 0.6 is 11.6 Å². The van der Waals surface area contributed by atoms with Gasteiger partial charge in [-0.2, -0.15) is 0 Å². The summed E-state index contributed by atoms with van der Waals surface area (Å²) in [4.78, 5) is 40.5. The third-order valence-corrected chi connectivity index (χ3v) is 7.11. The molecule has 0 bridgehead atoms. The maximum atomic E-state index is 13.2. The van der Waals surface area contributed by atoms with Crippen molar-refractivity contribution < 1.29 is 28.6 Å². The minimum atomic E-state index is -0.794. The van der Waals surface area contributed by atoms with Crippen LogP contribution in [0, 0.1) is 0 Å². The second-order valence-electron chi connectivity index (χ2n) is 8.82. The predicted octanol–water partition coefficient (Wildman–Crippen LogP) is 3.86. The molecule has 3 aliphatic rings. The second kappa shape index (κ2) is 8.83. The van der Waals surface area contributed by atoms with Gasteiger partial charge in [-0.05, 0) is 24.3 Å². The lowest BCUT2D eigenvalue weighted by molar-refractivity contribution is -0.00307. The zero-order valence-corrected chi connectivity index (χ0v) is 19.5. The van der Waals surface area contributed by atoms with Gasteiger partial charge in [-0.25, -0.2) is 9.59 Å². The highest BCUT2D eigenvalue weighted by Gasteiger charge is 2.51. The number of methoxy groups -OCH3 is 1. The lowest BCUT2D eigenvalue weighted by Crippen LogP contribution is -2.41. The summed E-state index contributed by atoms with van der Waals surface area (Å²) in [5.41, 5.74) is 0.985. The van der Waals surface area contributed by atoms with E-state index in [1.165, 1.54) is 7.11 Å². The van der Waals surface area contributed by atoms with E-state index < -0.39 is 5.60 Å². The van der Waals surface area contributed by atoms with Crippen molar-refractivity contribution >= 4 is 29.6 Å². The van der Waals surface area contributed by atoms with E-state index in [2.05, 4.69) is 0 Å². The summed E-state index contributed by atoms with van der Waals surface area (Å²) >= 11 is 6.48. The van der Waals surface area contributed by atoms with Gasteiger partial charge in [0.2, 0.25) is 0 Å². The highest BCUT2D eigenvalue weighted by molar-refractivity contribution is 6.34. The third kappa shape index (κ3) is 3.96. The molecule has 5 rings (SSSR count). The molecular weight excluding hydrogens is 460 g/mol. The van der Waals surface area contributed by atoms with Gasteiger partial charge in [-0.3, -0.25) is 4.79 Å². The van der Waals surface area contributed by atoms with Gasteiger partial charge in [-0.15, -0.1) is 0 Å². The average molecular weight is 485 g/mol. The fourth-order valence-electron chi connectivity index (χ4n) is 4.99. The van der Waals surface area contributed by atoms with E-state index in [9.17, 15) is 14.4 Å². The van der Waals surface area contributed by atoms with Crippen LogP contribution in [-0.2, 0) is 15.1 Å². The number of carbonyl (C=O) groups is 3. The van der Waals surface area contributed by atoms with Crippen LogP contribution in [0.2, 0.25) is 5.02 Å². The van der Waals surface area contributed by atoms with Gasteiger partial charge >= 0.3 is 12.1 Å². The predicted molar refractivity (Wildman–Crippen MR) is 123 cm³/mol. The Balaban J connectivity index is 1.24. The van der Waals surface area contributed by atoms with Crippen molar-refractivity contribution in [1.29, 1.82) is 0 Å². The summed E-state index contributed by atoms with van der Waals surface area (Å²) in [7, 11) is 1.37. The Kier molecular flexibility index (Phi) is 5.85. The molecule has 0 saturated carbocycles. The molecule has 2 saturated heterocycles. The summed E-state index contributed by atoms with van der Waals surface area (Å²) in [6, 6.07) is 12.4. The summed E-state index contributed by atoms with van der Waals surface area (Å²) in [6.07, 6.45) is 1.54. The molecule has 1 spiro atoms. The largest absolute Gasteiger partial charge is 0.490 e. The Labute approximate surface area is 202 Å². The molecular formula is C25H25ClN2O6. The molecule has 0 aliphatic carbocycles. The number of carbonyl (C=O) groups excluding carboxylic acids is 3. The van der Waals surface area contributed by atoms with Gasteiger partial charge in [0.05, 0.1) is 29.8 Å². The Hall–Kier alpha value is -3.26. The molecule has 0 N–H and O–H groups in total. The van der Waals surface area contributed by atoms with Crippen molar-refractivity contribution in [3.05, 3.63) is 64.2 Å². The van der Waals surface area contributed by atoms with E-state index in [4.69, 9.17) is 25.8 Å². The standard InChI is InChI=1S/C25H25ClN2O6/c1-32-24(31)27-11-8-16(9-12-27)33-17-6-7-19(21(26)14-17)22(29)28-13-10-25(15-28)20-5-3-2-4-18(20)23(30)34-25/h2-7,14,16H,8-13,15H2,1H3/t25-/m0/s1. The Morgan fingerprint density at radius 3 is 2.59 bits per heavy atom. The fourth-order valence-corrected chi connectivity index (χ4v) is 5.25. The minimum Gasteiger partial charge on any atom is -0.490 e. The molecule has 0 unspecified atom stereocenters. The van der Waals surface area contributed by atoms with Crippen LogP contribution in [0.15, 0.2) is 42.5 Å². The van der Waals surface area contributed by atoms with Crippen LogP contribution in [-0.4, -0.2) is 67.2 Å². The monoisotopic (exact) mass is 484 g/mol. The molecule has 2 amide bonds. The zero-order chi connectivity index (χ0) is 23.9. The quantitative estimate of drug-likeness (QED) is 0.615. The van der Waals surface area contributed by atoms with Gasteiger partial charge in [0, 0.05) is 44.5 Å². The van der Waals surface area contributed by atoms with E-state index in [0.29, 0.717) is 67.3 Å². The van der Waals surface area contributed by atoms with Crippen molar-refractivity contribution in [2.45, 2.75) is 31.0 Å². The van der Waals surface area contributed by atoms with Crippen molar-refractivity contribution in [3.63, 3.8) is 0 Å². The fraction of sp³-hybridized carbons (Fsp3) is 0.400. The minimum absolute atomic E-state index is 0.0471. The van der Waals surface area contributed by atoms with Gasteiger partial charge in [-0.1, -0.05) is 29.8 Å². The summed E-state index contributed by atoms with van der Waals surface area (Å²) in [5, 5.41) is 0.305. The van der Waals surface area contributed by atoms with Crippen LogP contribution in [0.3, 0.4) is 0 Å². The average Bonchev–Trinajstić information content (AvgIpc) is 3.40. The van der Waals surface area contributed by atoms with Crippen LogP contribution in [0.5, 0.6) is 5.75 Å². The van der Waals surface area contributed by atoms with Crippen molar-refractivity contribution in [2.24, 2.45) is 0 Å². The van der Waals surface area contributed by atoms with Crippen LogP contribution in [0.25, 0.3) is 0 Å². The molecule has 0 aromatic heterocycles. The SMILES string of the molecule is COC(=O)N1CCC(Oc2ccc(C(=O)N3CC[C@@]4(C3)OC(=O)c3ccccc34)c(Cl)c2)CC1. The normalized spacial score (nSPS) is 22.0. The molecule has 178 valence electrons. The topological polar surface area (TPSA) is 85.4 Å². The lowest BCUT2D eigenvalue weighted by atomic mass is 9.91. The first kappa shape index (κ1) is 22.5.